The molecule has 1 unspecified atom stereocenters. The highest BCUT2D eigenvalue weighted by molar-refractivity contribution is 7.89. The number of rotatable bonds is 7. The van der Waals surface area contributed by atoms with Gasteiger partial charge in [-0.1, -0.05) is 6.07 Å². The van der Waals surface area contributed by atoms with Gasteiger partial charge in [-0.15, -0.1) is 11.3 Å². The molecule has 0 saturated carbocycles. The van der Waals surface area contributed by atoms with Gasteiger partial charge in [-0.25, -0.2) is 22.7 Å². The molecule has 20 heavy (non-hydrogen) atoms. The fraction of sp³-hybridized carbons (Fsp3) is 0.400. The van der Waals surface area contributed by atoms with Crippen LogP contribution in [0.3, 0.4) is 0 Å². The fourth-order valence-electron chi connectivity index (χ4n) is 1.29. The number of urea groups is 1. The summed E-state index contributed by atoms with van der Waals surface area (Å²) in [5.74, 6) is -1.47. The average molecular weight is 321 g/mol. The van der Waals surface area contributed by atoms with Gasteiger partial charge in [-0.2, -0.15) is 0 Å². The normalized spacial score (nSPS) is 12.7. The highest BCUT2D eigenvalue weighted by Crippen LogP contribution is 2.18. The Morgan fingerprint density at radius 1 is 1.45 bits per heavy atom. The number of carboxylic acids is 1. The van der Waals surface area contributed by atoms with Gasteiger partial charge in [-0.05, 0) is 18.5 Å². The van der Waals surface area contributed by atoms with Crippen molar-refractivity contribution in [3.8, 4) is 0 Å². The molecular weight excluding hydrogens is 306 g/mol. The minimum absolute atomic E-state index is 0.119. The minimum atomic E-state index is -3.41. The summed E-state index contributed by atoms with van der Waals surface area (Å²) in [7, 11) is -2.14. The van der Waals surface area contributed by atoms with Gasteiger partial charge in [0.25, 0.3) is 0 Å². The van der Waals surface area contributed by atoms with Crippen molar-refractivity contribution < 1.29 is 23.1 Å². The van der Waals surface area contributed by atoms with Crippen LogP contribution in [0.5, 0.6) is 0 Å². The molecular formula is C10H15N3O5S2. The largest absolute Gasteiger partial charge is 0.479 e. The lowest BCUT2D eigenvalue weighted by atomic mass is 10.2. The first-order valence-corrected chi connectivity index (χ1v) is 8.10. The Kier molecular flexibility index (Phi) is 5.92. The summed E-state index contributed by atoms with van der Waals surface area (Å²) in [4.78, 5) is 23.1. The molecule has 1 heterocycles. The predicted octanol–water partition coefficient (Wildman–Crippen LogP) is -0.278. The van der Waals surface area contributed by atoms with Crippen molar-refractivity contribution in [3.05, 3.63) is 22.4 Å². The lowest BCUT2D eigenvalue weighted by Gasteiger charge is -2.13. The van der Waals surface area contributed by atoms with E-state index < -0.39 is 28.1 Å². The van der Waals surface area contributed by atoms with Gasteiger partial charge in [0.2, 0.25) is 10.0 Å². The van der Waals surface area contributed by atoms with Crippen LogP contribution < -0.4 is 15.4 Å². The average Bonchev–Trinajstić information content (AvgIpc) is 2.89. The van der Waals surface area contributed by atoms with E-state index >= 15 is 0 Å². The molecule has 0 aliphatic heterocycles. The molecule has 0 aliphatic carbocycles. The summed E-state index contributed by atoms with van der Waals surface area (Å²) in [5, 5.41) is 15.3. The van der Waals surface area contributed by atoms with Crippen molar-refractivity contribution in [1.29, 1.82) is 0 Å². The van der Waals surface area contributed by atoms with Crippen LogP contribution in [0.25, 0.3) is 0 Å². The lowest BCUT2D eigenvalue weighted by molar-refractivity contribution is -0.139. The van der Waals surface area contributed by atoms with Crippen LogP contribution in [0.15, 0.2) is 17.5 Å². The Morgan fingerprint density at radius 3 is 2.65 bits per heavy atom. The van der Waals surface area contributed by atoms with Crippen molar-refractivity contribution in [2.75, 3.05) is 19.3 Å². The zero-order chi connectivity index (χ0) is 15.2. The summed E-state index contributed by atoms with van der Waals surface area (Å²) in [5.41, 5.74) is 0. The van der Waals surface area contributed by atoms with Gasteiger partial charge >= 0.3 is 12.0 Å². The smallest absolute Gasteiger partial charge is 0.331 e. The number of hydrogen-bond donors (Lipinski definition) is 4. The fourth-order valence-corrected chi connectivity index (χ4v) is 2.64. The number of hydrogen-bond acceptors (Lipinski definition) is 5. The van der Waals surface area contributed by atoms with Crippen LogP contribution in [-0.2, 0) is 14.8 Å². The molecule has 1 aromatic heterocycles. The monoisotopic (exact) mass is 321 g/mol. The molecule has 10 heteroatoms. The number of nitrogens with one attached hydrogen (secondary N) is 3. The van der Waals surface area contributed by atoms with Crippen LogP contribution in [0.4, 0.5) is 4.79 Å². The topological polar surface area (TPSA) is 125 Å². The first-order valence-electron chi connectivity index (χ1n) is 5.57. The van der Waals surface area contributed by atoms with E-state index in [1.807, 2.05) is 0 Å². The van der Waals surface area contributed by atoms with E-state index in [1.165, 1.54) is 18.4 Å². The SMILES string of the molecule is CNS(=O)(=O)CCNC(=O)NC(C(=O)O)c1cccs1. The van der Waals surface area contributed by atoms with E-state index in [0.29, 0.717) is 4.88 Å². The summed E-state index contributed by atoms with van der Waals surface area (Å²) >= 11 is 1.20. The molecule has 0 radical (unpaired) electrons. The van der Waals surface area contributed by atoms with Gasteiger partial charge < -0.3 is 15.7 Å². The molecule has 0 fully saturated rings. The third kappa shape index (κ3) is 5.15. The minimum Gasteiger partial charge on any atom is -0.479 e. The second-order valence-electron chi connectivity index (χ2n) is 3.71. The number of carbonyl (C=O) groups excluding carboxylic acids is 1. The molecule has 8 nitrogen and oxygen atoms in total. The number of carboxylic acid groups (broad SMARTS) is 1. The zero-order valence-electron chi connectivity index (χ0n) is 10.6. The molecule has 1 aromatic rings. The second-order valence-corrected chi connectivity index (χ2v) is 6.74. The van der Waals surface area contributed by atoms with Crippen molar-refractivity contribution in [1.82, 2.24) is 15.4 Å². The molecule has 0 spiro atoms. The first kappa shape index (κ1) is 16.4. The van der Waals surface area contributed by atoms with Crippen LogP contribution in [0, 0.1) is 0 Å². The van der Waals surface area contributed by atoms with Crippen LogP contribution in [-0.4, -0.2) is 44.9 Å². The number of carbonyl (C=O) groups is 2. The molecule has 112 valence electrons. The Labute approximate surface area is 120 Å². The first-order chi connectivity index (χ1) is 9.35. The van der Waals surface area contributed by atoms with Gasteiger partial charge in [0.05, 0.1) is 5.75 Å². The van der Waals surface area contributed by atoms with Gasteiger partial charge in [0.15, 0.2) is 6.04 Å². The van der Waals surface area contributed by atoms with E-state index in [4.69, 9.17) is 5.11 Å². The standard InChI is InChI=1S/C10H15N3O5S2/c1-11-20(17,18)6-4-12-10(16)13-8(9(14)15)7-3-2-5-19-7/h2-3,5,8,11H,4,6H2,1H3,(H,14,15)(H2,12,13,16). The van der Waals surface area contributed by atoms with Crippen LogP contribution in [0.1, 0.15) is 10.9 Å². The quantitative estimate of drug-likeness (QED) is 0.550. The van der Waals surface area contributed by atoms with Crippen molar-refractivity contribution in [2.45, 2.75) is 6.04 Å². The molecule has 1 rings (SSSR count). The Hall–Kier alpha value is -1.65. The van der Waals surface area contributed by atoms with Gasteiger partial charge in [0, 0.05) is 11.4 Å². The molecule has 0 aromatic carbocycles. The zero-order valence-corrected chi connectivity index (χ0v) is 12.3. The van der Waals surface area contributed by atoms with E-state index in [-0.39, 0.29) is 12.3 Å². The maximum atomic E-state index is 11.5. The lowest BCUT2D eigenvalue weighted by Crippen LogP contribution is -2.42. The molecule has 1 atom stereocenters. The van der Waals surface area contributed by atoms with Crippen LogP contribution in [0.2, 0.25) is 0 Å². The predicted molar refractivity (Wildman–Crippen MR) is 74.1 cm³/mol. The summed E-state index contributed by atoms with van der Waals surface area (Å²) in [6, 6.07) is 1.37. The third-order valence-electron chi connectivity index (χ3n) is 2.32. The van der Waals surface area contributed by atoms with E-state index in [1.54, 1.807) is 17.5 Å². The Balaban J connectivity index is 2.50. The summed E-state index contributed by atoms with van der Waals surface area (Å²) in [6.45, 7) is -0.119. The summed E-state index contributed by atoms with van der Waals surface area (Å²) < 4.78 is 24.3. The maximum Gasteiger partial charge on any atom is 0.331 e. The molecule has 0 bridgehead atoms. The highest BCUT2D eigenvalue weighted by atomic mass is 32.2. The van der Waals surface area contributed by atoms with Gasteiger partial charge in [0.1, 0.15) is 0 Å². The van der Waals surface area contributed by atoms with Crippen LogP contribution >= 0.6 is 11.3 Å². The van der Waals surface area contributed by atoms with E-state index in [9.17, 15) is 18.0 Å². The van der Waals surface area contributed by atoms with E-state index in [2.05, 4.69) is 15.4 Å². The molecule has 0 saturated heterocycles. The molecule has 4 N–H and O–H groups in total. The summed E-state index contributed by atoms with van der Waals surface area (Å²) in [6.07, 6.45) is 0. The molecule has 2 amide bonds. The number of sulfonamides is 1. The Bertz CT molecular complexity index is 555. The number of thiophene rings is 1. The highest BCUT2D eigenvalue weighted by Gasteiger charge is 2.22. The second kappa shape index (κ2) is 7.22. The van der Waals surface area contributed by atoms with E-state index in [0.717, 1.165) is 0 Å². The maximum absolute atomic E-state index is 11.5. The van der Waals surface area contributed by atoms with Crippen molar-refractivity contribution >= 4 is 33.4 Å². The Morgan fingerprint density at radius 2 is 2.15 bits per heavy atom. The number of amides is 2. The number of aliphatic carboxylic acids is 1. The molecule has 0 aliphatic rings. The van der Waals surface area contributed by atoms with Gasteiger partial charge in [-0.3, -0.25) is 0 Å². The van der Waals surface area contributed by atoms with Crippen molar-refractivity contribution in [3.63, 3.8) is 0 Å². The third-order valence-corrected chi connectivity index (χ3v) is 4.62. The van der Waals surface area contributed by atoms with Crippen molar-refractivity contribution in [2.24, 2.45) is 0 Å².